The third-order valence-corrected chi connectivity index (χ3v) is 2.40. The molecule has 0 aliphatic rings. The highest BCUT2D eigenvalue weighted by Gasteiger charge is 2.01. The molecule has 3 heteroatoms. The first kappa shape index (κ1) is 10.8. The predicted octanol–water partition coefficient (Wildman–Crippen LogP) is 1.95. The summed E-state index contributed by atoms with van der Waals surface area (Å²) >= 11 is 0. The SMILES string of the molecule is Cc1cccc(-c2ccnc(CCN)c2)n1. The molecule has 2 heterocycles. The topological polar surface area (TPSA) is 51.8 Å². The van der Waals surface area contributed by atoms with Crippen LogP contribution in [-0.4, -0.2) is 16.5 Å². The van der Waals surface area contributed by atoms with Gasteiger partial charge in [-0.3, -0.25) is 9.97 Å². The average Bonchev–Trinajstić information content (AvgIpc) is 2.30. The predicted molar refractivity (Wildman–Crippen MR) is 65.0 cm³/mol. The fourth-order valence-electron chi connectivity index (χ4n) is 1.63. The highest BCUT2D eigenvalue weighted by atomic mass is 14.7. The van der Waals surface area contributed by atoms with E-state index in [1.165, 1.54) is 0 Å². The van der Waals surface area contributed by atoms with Crippen molar-refractivity contribution in [2.45, 2.75) is 13.3 Å². The number of hydrogen-bond acceptors (Lipinski definition) is 3. The normalized spacial score (nSPS) is 10.4. The van der Waals surface area contributed by atoms with E-state index < -0.39 is 0 Å². The first-order valence-corrected chi connectivity index (χ1v) is 5.38. The van der Waals surface area contributed by atoms with Gasteiger partial charge in [0.25, 0.3) is 0 Å². The Morgan fingerprint density at radius 1 is 1.25 bits per heavy atom. The summed E-state index contributed by atoms with van der Waals surface area (Å²) in [6.07, 6.45) is 2.62. The minimum absolute atomic E-state index is 0.623. The van der Waals surface area contributed by atoms with E-state index in [0.29, 0.717) is 6.54 Å². The standard InChI is InChI=1S/C13H15N3/c1-10-3-2-4-13(16-10)11-6-8-15-12(9-11)5-7-14/h2-4,6,8-9H,5,7,14H2,1H3. The summed E-state index contributed by atoms with van der Waals surface area (Å²) in [5.41, 5.74) is 9.64. The van der Waals surface area contributed by atoms with Crippen LogP contribution in [-0.2, 0) is 6.42 Å². The molecular formula is C13H15N3. The maximum absolute atomic E-state index is 5.52. The summed E-state index contributed by atoms with van der Waals surface area (Å²) in [5, 5.41) is 0. The van der Waals surface area contributed by atoms with Crippen molar-refractivity contribution in [3.8, 4) is 11.3 Å². The summed E-state index contributed by atoms with van der Waals surface area (Å²) in [7, 11) is 0. The van der Waals surface area contributed by atoms with Crippen molar-refractivity contribution in [2.75, 3.05) is 6.54 Å². The molecule has 0 bridgehead atoms. The van der Waals surface area contributed by atoms with E-state index in [2.05, 4.69) is 16.0 Å². The number of rotatable bonds is 3. The van der Waals surface area contributed by atoms with Crippen LogP contribution in [0.5, 0.6) is 0 Å². The van der Waals surface area contributed by atoms with Crippen LogP contribution in [0.3, 0.4) is 0 Å². The van der Waals surface area contributed by atoms with Gasteiger partial charge < -0.3 is 5.73 Å². The van der Waals surface area contributed by atoms with E-state index in [-0.39, 0.29) is 0 Å². The molecule has 0 aliphatic heterocycles. The molecule has 0 fully saturated rings. The van der Waals surface area contributed by atoms with Crippen molar-refractivity contribution in [1.82, 2.24) is 9.97 Å². The first-order valence-electron chi connectivity index (χ1n) is 5.38. The molecule has 0 atom stereocenters. The van der Waals surface area contributed by atoms with Crippen LogP contribution in [0.15, 0.2) is 36.5 Å². The van der Waals surface area contributed by atoms with Gasteiger partial charge in [0.05, 0.1) is 5.69 Å². The summed E-state index contributed by atoms with van der Waals surface area (Å²) in [6, 6.07) is 10.0. The zero-order valence-corrected chi connectivity index (χ0v) is 9.35. The fraction of sp³-hybridized carbons (Fsp3) is 0.231. The van der Waals surface area contributed by atoms with Gasteiger partial charge in [0, 0.05) is 29.6 Å². The monoisotopic (exact) mass is 213 g/mol. The van der Waals surface area contributed by atoms with Crippen LogP contribution >= 0.6 is 0 Å². The van der Waals surface area contributed by atoms with E-state index in [4.69, 9.17) is 5.73 Å². The van der Waals surface area contributed by atoms with Crippen LogP contribution in [0.2, 0.25) is 0 Å². The van der Waals surface area contributed by atoms with Crippen molar-refractivity contribution in [3.05, 3.63) is 47.9 Å². The maximum Gasteiger partial charge on any atom is 0.0706 e. The van der Waals surface area contributed by atoms with E-state index in [9.17, 15) is 0 Å². The number of nitrogens with two attached hydrogens (primary N) is 1. The Hall–Kier alpha value is -1.74. The van der Waals surface area contributed by atoms with E-state index >= 15 is 0 Å². The van der Waals surface area contributed by atoms with Crippen LogP contribution < -0.4 is 5.73 Å². The van der Waals surface area contributed by atoms with Crippen molar-refractivity contribution >= 4 is 0 Å². The smallest absolute Gasteiger partial charge is 0.0706 e. The number of pyridine rings is 2. The molecule has 2 aromatic rings. The van der Waals surface area contributed by atoms with Gasteiger partial charge in [-0.15, -0.1) is 0 Å². The van der Waals surface area contributed by atoms with Crippen molar-refractivity contribution in [1.29, 1.82) is 0 Å². The molecule has 0 unspecified atom stereocenters. The molecule has 2 N–H and O–H groups in total. The lowest BCUT2D eigenvalue weighted by Crippen LogP contribution is -2.04. The van der Waals surface area contributed by atoms with Crippen LogP contribution in [0.25, 0.3) is 11.3 Å². The van der Waals surface area contributed by atoms with Gasteiger partial charge in [0.1, 0.15) is 0 Å². The van der Waals surface area contributed by atoms with Gasteiger partial charge in [-0.25, -0.2) is 0 Å². The van der Waals surface area contributed by atoms with Gasteiger partial charge in [-0.2, -0.15) is 0 Å². The molecular weight excluding hydrogens is 198 g/mol. The average molecular weight is 213 g/mol. The lowest BCUT2D eigenvalue weighted by atomic mass is 10.1. The molecule has 0 saturated carbocycles. The van der Waals surface area contributed by atoms with Gasteiger partial charge >= 0.3 is 0 Å². The highest BCUT2D eigenvalue weighted by Crippen LogP contribution is 2.17. The Kier molecular flexibility index (Phi) is 3.27. The lowest BCUT2D eigenvalue weighted by Gasteiger charge is -2.04. The summed E-state index contributed by atoms with van der Waals surface area (Å²) in [5.74, 6) is 0. The molecule has 0 aliphatic carbocycles. The van der Waals surface area contributed by atoms with Crippen LogP contribution in [0.1, 0.15) is 11.4 Å². The molecule has 0 aromatic carbocycles. The fourth-order valence-corrected chi connectivity index (χ4v) is 1.63. The first-order chi connectivity index (χ1) is 7.79. The molecule has 0 amide bonds. The molecule has 0 radical (unpaired) electrons. The summed E-state index contributed by atoms with van der Waals surface area (Å²) < 4.78 is 0. The lowest BCUT2D eigenvalue weighted by molar-refractivity contribution is 0.923. The molecule has 16 heavy (non-hydrogen) atoms. The second kappa shape index (κ2) is 4.86. The van der Waals surface area contributed by atoms with Gasteiger partial charge in [-0.05, 0) is 37.7 Å². The number of aryl methyl sites for hydroxylation is 1. The number of aromatic nitrogens is 2. The van der Waals surface area contributed by atoms with Crippen LogP contribution in [0.4, 0.5) is 0 Å². The molecule has 2 aromatic heterocycles. The molecule has 3 nitrogen and oxygen atoms in total. The Bertz CT molecular complexity index is 480. The zero-order valence-electron chi connectivity index (χ0n) is 9.35. The van der Waals surface area contributed by atoms with E-state index in [1.807, 2.05) is 37.4 Å². The quantitative estimate of drug-likeness (QED) is 0.847. The minimum atomic E-state index is 0.623. The van der Waals surface area contributed by atoms with Crippen LogP contribution in [0, 0.1) is 6.92 Å². The van der Waals surface area contributed by atoms with E-state index in [0.717, 1.165) is 29.1 Å². The van der Waals surface area contributed by atoms with Crippen molar-refractivity contribution in [2.24, 2.45) is 5.73 Å². The highest BCUT2D eigenvalue weighted by molar-refractivity contribution is 5.59. The molecule has 2 rings (SSSR count). The Morgan fingerprint density at radius 2 is 2.12 bits per heavy atom. The zero-order chi connectivity index (χ0) is 11.4. The van der Waals surface area contributed by atoms with Crippen molar-refractivity contribution < 1.29 is 0 Å². The minimum Gasteiger partial charge on any atom is -0.330 e. The third-order valence-electron chi connectivity index (χ3n) is 2.40. The summed E-state index contributed by atoms with van der Waals surface area (Å²) in [6.45, 7) is 2.61. The molecule has 0 saturated heterocycles. The number of nitrogens with zero attached hydrogens (tertiary/aromatic N) is 2. The van der Waals surface area contributed by atoms with Gasteiger partial charge in [0.15, 0.2) is 0 Å². The second-order valence-corrected chi connectivity index (χ2v) is 3.74. The van der Waals surface area contributed by atoms with Gasteiger partial charge in [0.2, 0.25) is 0 Å². The summed E-state index contributed by atoms with van der Waals surface area (Å²) in [4.78, 5) is 8.75. The maximum atomic E-state index is 5.52. The third kappa shape index (κ3) is 2.44. The number of hydrogen-bond donors (Lipinski definition) is 1. The largest absolute Gasteiger partial charge is 0.330 e. The van der Waals surface area contributed by atoms with Crippen molar-refractivity contribution in [3.63, 3.8) is 0 Å². The molecule has 82 valence electrons. The Labute approximate surface area is 95.4 Å². The Balaban J connectivity index is 2.36. The second-order valence-electron chi connectivity index (χ2n) is 3.74. The van der Waals surface area contributed by atoms with E-state index in [1.54, 1.807) is 0 Å². The Morgan fingerprint density at radius 3 is 2.88 bits per heavy atom. The van der Waals surface area contributed by atoms with Gasteiger partial charge in [-0.1, -0.05) is 6.07 Å². The molecule has 0 spiro atoms.